The minimum atomic E-state index is -1.54. The summed E-state index contributed by atoms with van der Waals surface area (Å²) in [6.07, 6.45) is 0.166. The van der Waals surface area contributed by atoms with Crippen LogP contribution in [0.25, 0.3) is 0 Å². The largest absolute Gasteiger partial charge is 0.368 e. The maximum atomic E-state index is 14.4. The molecule has 0 radical (unpaired) electrons. The molecule has 2 fully saturated rings. The third-order valence-corrected chi connectivity index (χ3v) is 7.96. The summed E-state index contributed by atoms with van der Waals surface area (Å²) < 4.78 is 0. The summed E-state index contributed by atoms with van der Waals surface area (Å²) in [5.41, 5.74) is 1.52. The second-order valence-electron chi connectivity index (χ2n) is 9.26. The van der Waals surface area contributed by atoms with Gasteiger partial charge >= 0.3 is 6.03 Å². The number of carbonyl (C=O) groups is 3. The second kappa shape index (κ2) is 8.54. The molecule has 3 aromatic carbocycles. The van der Waals surface area contributed by atoms with Crippen LogP contribution in [0.4, 0.5) is 21.9 Å². The standard InChI is InChI=1S/C27H22Cl2N4O3/c28-18-10-11-20(29)22(14-18)33-25(35)27(24(34)30-26(33)36)15-17-6-4-5-9-21(17)32-13-12-31(16-23(27)32)19-7-2-1-3-8-19/h1-11,14,23H,12-13,15-16H2,(H,30,34,36)/t23-,27-/m0/s1. The molecular weight excluding hydrogens is 499 g/mol. The van der Waals surface area contributed by atoms with Crippen molar-refractivity contribution in [3.8, 4) is 0 Å². The molecule has 3 aliphatic rings. The van der Waals surface area contributed by atoms with Crippen molar-refractivity contribution in [2.45, 2.75) is 12.5 Å². The highest BCUT2D eigenvalue weighted by atomic mass is 35.5. The van der Waals surface area contributed by atoms with Crippen molar-refractivity contribution in [2.24, 2.45) is 5.41 Å². The number of barbiturate groups is 1. The number of anilines is 3. The molecule has 6 rings (SSSR count). The Labute approximate surface area is 218 Å². The first-order valence-electron chi connectivity index (χ1n) is 11.7. The van der Waals surface area contributed by atoms with Crippen molar-refractivity contribution in [1.29, 1.82) is 0 Å². The summed E-state index contributed by atoms with van der Waals surface area (Å²) in [5.74, 6) is -1.19. The number of halogens is 2. The maximum Gasteiger partial charge on any atom is 0.335 e. The van der Waals surface area contributed by atoms with Crippen molar-refractivity contribution in [3.05, 3.63) is 88.4 Å². The van der Waals surface area contributed by atoms with Gasteiger partial charge in [-0.2, -0.15) is 0 Å². The first-order valence-corrected chi connectivity index (χ1v) is 12.5. The van der Waals surface area contributed by atoms with Crippen LogP contribution in [0.1, 0.15) is 5.56 Å². The van der Waals surface area contributed by atoms with Crippen LogP contribution in [-0.2, 0) is 16.0 Å². The Bertz CT molecular complexity index is 1400. The van der Waals surface area contributed by atoms with E-state index < -0.39 is 29.3 Å². The lowest BCUT2D eigenvalue weighted by atomic mass is 9.67. The van der Waals surface area contributed by atoms with Gasteiger partial charge in [0.2, 0.25) is 5.91 Å². The molecule has 0 aliphatic carbocycles. The molecule has 0 saturated carbocycles. The van der Waals surface area contributed by atoms with Crippen LogP contribution in [0.3, 0.4) is 0 Å². The zero-order valence-electron chi connectivity index (χ0n) is 19.2. The van der Waals surface area contributed by atoms with Crippen LogP contribution in [-0.4, -0.2) is 43.5 Å². The Hall–Kier alpha value is -3.55. The van der Waals surface area contributed by atoms with Crippen molar-refractivity contribution in [3.63, 3.8) is 0 Å². The first-order chi connectivity index (χ1) is 17.4. The first kappa shape index (κ1) is 22.9. The van der Waals surface area contributed by atoms with Crippen molar-refractivity contribution >= 4 is 58.1 Å². The average Bonchev–Trinajstić information content (AvgIpc) is 2.89. The van der Waals surface area contributed by atoms with E-state index in [0.717, 1.165) is 28.4 Å². The normalized spacial score (nSPS) is 23.4. The number of imide groups is 2. The molecule has 4 amide bonds. The molecular formula is C27H22Cl2N4O3. The summed E-state index contributed by atoms with van der Waals surface area (Å²) >= 11 is 12.6. The minimum absolute atomic E-state index is 0.152. The number of urea groups is 1. The van der Waals surface area contributed by atoms with Crippen molar-refractivity contribution < 1.29 is 14.4 Å². The summed E-state index contributed by atoms with van der Waals surface area (Å²) in [4.78, 5) is 46.5. The molecule has 2 atom stereocenters. The number of hydrogen-bond donors (Lipinski definition) is 1. The number of hydrogen-bond acceptors (Lipinski definition) is 5. The predicted molar refractivity (Wildman–Crippen MR) is 140 cm³/mol. The Morgan fingerprint density at radius 2 is 1.61 bits per heavy atom. The van der Waals surface area contributed by atoms with Gasteiger partial charge in [-0.25, -0.2) is 9.69 Å². The number of carbonyl (C=O) groups excluding carboxylic acids is 3. The fourth-order valence-corrected chi connectivity index (χ4v) is 6.07. The van der Waals surface area contributed by atoms with Crippen LogP contribution in [0.5, 0.6) is 0 Å². The minimum Gasteiger partial charge on any atom is -0.368 e. The maximum absolute atomic E-state index is 14.4. The van der Waals surface area contributed by atoms with Gasteiger partial charge in [-0.1, -0.05) is 59.6 Å². The molecule has 36 heavy (non-hydrogen) atoms. The molecule has 1 spiro atoms. The number of piperazine rings is 1. The van der Waals surface area contributed by atoms with Gasteiger partial charge < -0.3 is 9.80 Å². The molecule has 9 heteroatoms. The van der Waals surface area contributed by atoms with Crippen LogP contribution in [0.2, 0.25) is 10.0 Å². The molecule has 0 aromatic heterocycles. The highest BCUT2D eigenvalue weighted by molar-refractivity contribution is 6.39. The molecule has 0 unspecified atom stereocenters. The summed E-state index contributed by atoms with van der Waals surface area (Å²) in [6, 6.07) is 21.0. The number of fused-ring (bicyclic) bond motifs is 4. The van der Waals surface area contributed by atoms with E-state index in [2.05, 4.69) is 15.1 Å². The van der Waals surface area contributed by atoms with Gasteiger partial charge in [0.25, 0.3) is 5.91 Å². The number of para-hydroxylation sites is 2. The van der Waals surface area contributed by atoms with E-state index in [-0.39, 0.29) is 17.1 Å². The topological polar surface area (TPSA) is 73.0 Å². The van der Waals surface area contributed by atoms with E-state index in [1.165, 1.54) is 12.1 Å². The van der Waals surface area contributed by atoms with Crippen LogP contribution in [0.15, 0.2) is 72.8 Å². The molecule has 3 heterocycles. The highest BCUT2D eigenvalue weighted by Crippen LogP contribution is 2.47. The van der Waals surface area contributed by atoms with E-state index >= 15 is 0 Å². The molecule has 2 saturated heterocycles. The summed E-state index contributed by atoms with van der Waals surface area (Å²) in [6.45, 7) is 1.77. The zero-order chi connectivity index (χ0) is 25.0. The number of amides is 4. The number of benzene rings is 3. The van der Waals surface area contributed by atoms with Gasteiger partial charge in [0.1, 0.15) is 0 Å². The van der Waals surface area contributed by atoms with E-state index in [4.69, 9.17) is 23.2 Å². The number of nitrogens with zero attached hydrogens (tertiary/aromatic N) is 3. The quantitative estimate of drug-likeness (QED) is 0.503. The van der Waals surface area contributed by atoms with E-state index in [1.807, 2.05) is 54.6 Å². The lowest BCUT2D eigenvalue weighted by Crippen LogP contribution is -2.75. The Morgan fingerprint density at radius 1 is 0.861 bits per heavy atom. The second-order valence-corrected chi connectivity index (χ2v) is 10.1. The van der Waals surface area contributed by atoms with E-state index in [9.17, 15) is 14.4 Å². The molecule has 0 bridgehead atoms. The van der Waals surface area contributed by atoms with Crippen LogP contribution >= 0.6 is 23.2 Å². The van der Waals surface area contributed by atoms with Gasteiger partial charge in [0.05, 0.1) is 16.8 Å². The van der Waals surface area contributed by atoms with Crippen molar-refractivity contribution in [1.82, 2.24) is 5.32 Å². The monoisotopic (exact) mass is 520 g/mol. The fraction of sp³-hybridized carbons (Fsp3) is 0.222. The number of rotatable bonds is 2. The van der Waals surface area contributed by atoms with Gasteiger partial charge in [0, 0.05) is 36.0 Å². The molecule has 3 aromatic rings. The van der Waals surface area contributed by atoms with Gasteiger partial charge in [0.15, 0.2) is 5.41 Å². The molecule has 1 N–H and O–H groups in total. The van der Waals surface area contributed by atoms with Gasteiger partial charge in [-0.05, 0) is 48.4 Å². The van der Waals surface area contributed by atoms with Crippen LogP contribution < -0.4 is 20.0 Å². The van der Waals surface area contributed by atoms with Crippen molar-refractivity contribution in [2.75, 3.05) is 34.3 Å². The molecule has 7 nitrogen and oxygen atoms in total. The number of nitrogens with one attached hydrogen (secondary N) is 1. The fourth-order valence-electron chi connectivity index (χ4n) is 5.70. The summed E-state index contributed by atoms with van der Waals surface area (Å²) in [7, 11) is 0. The smallest absolute Gasteiger partial charge is 0.335 e. The lowest BCUT2D eigenvalue weighted by molar-refractivity contribution is -0.144. The highest BCUT2D eigenvalue weighted by Gasteiger charge is 2.63. The average molecular weight is 521 g/mol. The van der Waals surface area contributed by atoms with Gasteiger partial charge in [-0.3, -0.25) is 14.9 Å². The van der Waals surface area contributed by atoms with Crippen LogP contribution in [0, 0.1) is 5.41 Å². The van der Waals surface area contributed by atoms with E-state index in [0.29, 0.717) is 18.1 Å². The molecule has 3 aliphatic heterocycles. The SMILES string of the molecule is O=C1NC(=O)[C@@]2(Cc3ccccc3N3CCN(c4ccccc4)C[C@H]32)C(=O)N1c1cc(Cl)ccc1Cl. The zero-order valence-corrected chi connectivity index (χ0v) is 20.7. The third kappa shape index (κ3) is 3.38. The Balaban J connectivity index is 1.50. The predicted octanol–water partition coefficient (Wildman–Crippen LogP) is 4.51. The lowest BCUT2D eigenvalue weighted by Gasteiger charge is -2.55. The molecule has 182 valence electrons. The Kier molecular flexibility index (Phi) is 5.43. The Morgan fingerprint density at radius 3 is 2.42 bits per heavy atom. The van der Waals surface area contributed by atoms with E-state index in [1.54, 1.807) is 6.07 Å². The van der Waals surface area contributed by atoms with Gasteiger partial charge in [-0.15, -0.1) is 0 Å². The third-order valence-electron chi connectivity index (χ3n) is 7.40. The summed E-state index contributed by atoms with van der Waals surface area (Å²) in [5, 5.41) is 2.98.